The van der Waals surface area contributed by atoms with Crippen molar-refractivity contribution in [3.05, 3.63) is 0 Å². The van der Waals surface area contributed by atoms with E-state index in [1.165, 1.54) is 0 Å². The maximum absolute atomic E-state index is 12.4. The van der Waals surface area contributed by atoms with Gasteiger partial charge in [-0.1, -0.05) is 0 Å². The normalized spacial score (nSPS) is 44.2. The van der Waals surface area contributed by atoms with Crippen molar-refractivity contribution in [1.82, 2.24) is 5.32 Å². The number of nitrogens with one attached hydrogen (secondary N) is 1. The Labute approximate surface area is 271 Å². The summed E-state index contributed by atoms with van der Waals surface area (Å²) in [6, 6.07) is -1.57. The number of aliphatic carboxylic acids is 1. The third kappa shape index (κ3) is 8.23. The molecule has 16 atom stereocenters. The van der Waals surface area contributed by atoms with Crippen molar-refractivity contribution in [2.45, 2.75) is 111 Å². The zero-order chi connectivity index (χ0) is 32.4. The first-order valence-corrected chi connectivity index (χ1v) is 13.2. The standard InChI is InChI=1S/C23H39NO19.Na/c1-6(28)24-11-7(29)2-23(22(37)38,42-18(11)12(31)8(30)3-25)43-19-13(32)9(4-26)40-21(16(19)35)41-17-10(5-27)39-20(36)15(34)14(17)33;/h7-21,25-27,29-36H,2-5H2,1H3,(H,24,28)(H,37,38);/q;+1/p-1/t7?,8-,9?,10?,11?,12-,13?,14?,15?,16?,17?,18?,19?,20?,21?,23?;/m0./s1. The average molecular weight is 656 g/mol. The molecule has 20 nitrogen and oxygen atoms in total. The number of hydrogen-bond acceptors (Lipinski definition) is 19. The van der Waals surface area contributed by atoms with Crippen molar-refractivity contribution in [3.8, 4) is 0 Å². The van der Waals surface area contributed by atoms with Gasteiger partial charge >= 0.3 is 29.6 Å². The molecule has 0 spiro atoms. The van der Waals surface area contributed by atoms with Gasteiger partial charge in [0.1, 0.15) is 73.1 Å². The van der Waals surface area contributed by atoms with Gasteiger partial charge in [-0.05, 0) is 0 Å². The molecule has 3 heterocycles. The number of ether oxygens (including phenoxy) is 5. The molecule has 3 saturated heterocycles. The summed E-state index contributed by atoms with van der Waals surface area (Å²) < 4.78 is 26.7. The van der Waals surface area contributed by atoms with Crippen LogP contribution in [-0.2, 0) is 33.3 Å². The van der Waals surface area contributed by atoms with Gasteiger partial charge in [-0.15, -0.1) is 0 Å². The molecule has 12 N–H and O–H groups in total. The Bertz CT molecular complexity index is 949. The van der Waals surface area contributed by atoms with Crippen LogP contribution in [0.1, 0.15) is 13.3 Å². The van der Waals surface area contributed by atoms with Gasteiger partial charge in [0, 0.05) is 13.3 Å². The molecule has 0 aromatic heterocycles. The Morgan fingerprint density at radius 1 is 0.932 bits per heavy atom. The molecule has 0 radical (unpaired) electrons. The van der Waals surface area contributed by atoms with Crippen molar-refractivity contribution >= 4 is 11.9 Å². The summed E-state index contributed by atoms with van der Waals surface area (Å²) in [6.07, 6.45) is -28.2. The number of carbonyl (C=O) groups excluding carboxylic acids is 2. The summed E-state index contributed by atoms with van der Waals surface area (Å²) in [5.74, 6) is -6.12. The Morgan fingerprint density at radius 3 is 2.07 bits per heavy atom. The van der Waals surface area contributed by atoms with Gasteiger partial charge in [-0.25, -0.2) is 0 Å². The summed E-state index contributed by atoms with van der Waals surface area (Å²) in [6.45, 7) is -1.90. The Kier molecular flexibility index (Phi) is 14.7. The zero-order valence-electron chi connectivity index (χ0n) is 23.7. The van der Waals surface area contributed by atoms with E-state index in [4.69, 9.17) is 23.7 Å². The van der Waals surface area contributed by atoms with Gasteiger partial charge in [-0.2, -0.15) is 0 Å². The van der Waals surface area contributed by atoms with Crippen LogP contribution in [0.25, 0.3) is 0 Å². The van der Waals surface area contributed by atoms with E-state index in [1.807, 2.05) is 0 Å². The first-order chi connectivity index (χ1) is 20.1. The summed E-state index contributed by atoms with van der Waals surface area (Å²) >= 11 is 0. The number of aliphatic hydroxyl groups excluding tert-OH is 11. The van der Waals surface area contributed by atoms with Crippen LogP contribution in [0.4, 0.5) is 0 Å². The van der Waals surface area contributed by atoms with Crippen LogP contribution in [0.15, 0.2) is 0 Å². The van der Waals surface area contributed by atoms with E-state index in [2.05, 4.69) is 5.32 Å². The predicted octanol–water partition coefficient (Wildman–Crippen LogP) is -12.6. The van der Waals surface area contributed by atoms with Gasteiger partial charge < -0.3 is 95.1 Å². The summed E-state index contributed by atoms with van der Waals surface area (Å²) in [5, 5.41) is 127. The average Bonchev–Trinajstić information content (AvgIpc) is 2.96. The quantitative estimate of drug-likeness (QED) is 0.0919. The Balaban J connectivity index is 0.00000675. The molecule has 250 valence electrons. The first-order valence-electron chi connectivity index (χ1n) is 13.2. The maximum Gasteiger partial charge on any atom is 1.00 e. The Morgan fingerprint density at radius 2 is 1.55 bits per heavy atom. The van der Waals surface area contributed by atoms with Crippen LogP contribution in [-0.4, -0.2) is 186 Å². The van der Waals surface area contributed by atoms with E-state index in [0.717, 1.165) is 6.92 Å². The van der Waals surface area contributed by atoms with Crippen LogP contribution < -0.4 is 40.0 Å². The van der Waals surface area contributed by atoms with E-state index in [1.54, 1.807) is 0 Å². The van der Waals surface area contributed by atoms with Gasteiger partial charge in [0.05, 0.1) is 32.0 Å². The molecule has 3 rings (SSSR count). The fourth-order valence-corrected chi connectivity index (χ4v) is 5.15. The zero-order valence-corrected chi connectivity index (χ0v) is 25.7. The third-order valence-electron chi connectivity index (χ3n) is 7.45. The van der Waals surface area contributed by atoms with Crippen LogP contribution in [0.3, 0.4) is 0 Å². The molecule has 0 aliphatic carbocycles. The molecule has 3 fully saturated rings. The van der Waals surface area contributed by atoms with Gasteiger partial charge in [0.15, 0.2) is 12.6 Å². The van der Waals surface area contributed by atoms with Crippen molar-refractivity contribution in [3.63, 3.8) is 0 Å². The van der Waals surface area contributed by atoms with E-state index < -0.39 is 136 Å². The largest absolute Gasteiger partial charge is 1.00 e. The van der Waals surface area contributed by atoms with Gasteiger partial charge in [-0.3, -0.25) is 4.79 Å². The smallest absolute Gasteiger partial charge is 0.544 e. The molecular weight excluding hydrogens is 617 g/mol. The van der Waals surface area contributed by atoms with Crippen molar-refractivity contribution in [1.29, 1.82) is 0 Å². The first kappa shape index (κ1) is 39.5. The molecule has 1 amide bonds. The van der Waals surface area contributed by atoms with Crippen molar-refractivity contribution in [2.75, 3.05) is 19.8 Å². The maximum atomic E-state index is 12.4. The fraction of sp³-hybridized carbons (Fsp3) is 0.913. The van der Waals surface area contributed by atoms with Crippen LogP contribution >= 0.6 is 0 Å². The molecule has 21 heteroatoms. The minimum absolute atomic E-state index is 0. The molecule has 3 aliphatic heterocycles. The van der Waals surface area contributed by atoms with Gasteiger partial charge in [0.2, 0.25) is 11.7 Å². The van der Waals surface area contributed by atoms with E-state index in [-0.39, 0.29) is 29.6 Å². The SMILES string of the molecule is CC(=O)NC1C(O)CC(OC2C(O)C(CO)OC(OC3C(CO)OC(O)C(O)C3O)C2O)(C(=O)[O-])OC1[C@@H](O)[C@@H](O)CO.[Na+]. The second-order valence-electron chi connectivity index (χ2n) is 10.5. The molecule has 14 unspecified atom stereocenters. The topological polar surface area (TPSA) is 338 Å². The third-order valence-corrected chi connectivity index (χ3v) is 7.45. The molecule has 44 heavy (non-hydrogen) atoms. The van der Waals surface area contributed by atoms with Crippen molar-refractivity contribution < 1.29 is 124 Å². The Hall–Kier alpha value is -0.700. The van der Waals surface area contributed by atoms with E-state index >= 15 is 0 Å². The molecular formula is C23H38NNaO19. The van der Waals surface area contributed by atoms with Crippen LogP contribution in [0.2, 0.25) is 0 Å². The number of carbonyl (C=O) groups is 2. The molecule has 0 aromatic rings. The van der Waals surface area contributed by atoms with Crippen molar-refractivity contribution in [2.24, 2.45) is 0 Å². The minimum Gasteiger partial charge on any atom is -0.544 e. The van der Waals surface area contributed by atoms with E-state index in [9.17, 15) is 70.9 Å². The number of amides is 1. The fourth-order valence-electron chi connectivity index (χ4n) is 5.15. The van der Waals surface area contributed by atoms with Gasteiger partial charge in [0.25, 0.3) is 0 Å². The van der Waals surface area contributed by atoms with E-state index in [0.29, 0.717) is 0 Å². The van der Waals surface area contributed by atoms with Crippen LogP contribution in [0, 0.1) is 0 Å². The number of carboxylic acids is 1. The second-order valence-corrected chi connectivity index (χ2v) is 10.5. The predicted molar refractivity (Wildman–Crippen MR) is 127 cm³/mol. The summed E-state index contributed by atoms with van der Waals surface area (Å²) in [4.78, 5) is 24.1. The number of carboxylic acid groups (broad SMARTS) is 1. The molecule has 0 saturated carbocycles. The molecule has 3 aliphatic rings. The van der Waals surface area contributed by atoms with Crippen LogP contribution in [0.5, 0.6) is 0 Å². The number of hydrogen-bond donors (Lipinski definition) is 12. The summed E-state index contributed by atoms with van der Waals surface area (Å²) in [7, 11) is 0. The minimum atomic E-state index is -3.13. The summed E-state index contributed by atoms with van der Waals surface area (Å²) in [5.41, 5.74) is 0. The monoisotopic (exact) mass is 655 g/mol. The second kappa shape index (κ2) is 16.4. The molecule has 0 bridgehead atoms. The molecule has 0 aromatic carbocycles. The number of aliphatic hydroxyl groups is 11. The number of rotatable bonds is 11.